The van der Waals surface area contributed by atoms with Crippen molar-refractivity contribution in [2.45, 2.75) is 33.4 Å². The minimum atomic E-state index is -0.507. The van der Waals surface area contributed by atoms with Crippen molar-refractivity contribution in [3.05, 3.63) is 56.0 Å². The van der Waals surface area contributed by atoms with Crippen LogP contribution < -0.4 is 16.6 Å². The summed E-state index contributed by atoms with van der Waals surface area (Å²) >= 11 is 1.09. The second-order valence-corrected chi connectivity index (χ2v) is 6.68. The van der Waals surface area contributed by atoms with Crippen LogP contribution in [-0.4, -0.2) is 19.4 Å². The summed E-state index contributed by atoms with van der Waals surface area (Å²) in [4.78, 5) is 37.6. The third-order valence-corrected chi connectivity index (χ3v) is 4.55. The summed E-state index contributed by atoms with van der Waals surface area (Å²) < 4.78 is 6.51. The molecule has 130 valence electrons. The van der Waals surface area contributed by atoms with Crippen LogP contribution in [0.5, 0.6) is 0 Å². The average Bonchev–Trinajstić information content (AvgIpc) is 3.03. The number of rotatable bonds is 4. The SMILES string of the molecule is Cc1ccccc1NC(=O)Cn1c(=O)n(C(C)C)c(=O)c2nscc21. The number of benzene rings is 1. The summed E-state index contributed by atoms with van der Waals surface area (Å²) in [6.07, 6.45) is 0. The molecular weight excluding hydrogens is 340 g/mol. The molecule has 8 heteroatoms. The van der Waals surface area contributed by atoms with E-state index in [2.05, 4.69) is 9.69 Å². The number of carbonyl (C=O) groups is 1. The molecule has 0 bridgehead atoms. The Morgan fingerprint density at radius 2 is 2.00 bits per heavy atom. The fraction of sp³-hybridized carbons (Fsp3) is 0.294. The maximum absolute atomic E-state index is 12.7. The van der Waals surface area contributed by atoms with E-state index in [1.165, 1.54) is 4.57 Å². The summed E-state index contributed by atoms with van der Waals surface area (Å²) in [5, 5.41) is 4.42. The quantitative estimate of drug-likeness (QED) is 0.774. The highest BCUT2D eigenvalue weighted by molar-refractivity contribution is 7.04. The van der Waals surface area contributed by atoms with E-state index in [0.29, 0.717) is 11.2 Å². The standard InChI is InChI=1S/C17H18N4O3S/c1-10(2)21-16(23)15-13(9-25-19-15)20(17(21)24)8-14(22)18-12-7-5-4-6-11(12)3/h4-7,9-10H,8H2,1-3H3,(H,18,22). The fourth-order valence-electron chi connectivity index (χ4n) is 2.66. The van der Waals surface area contributed by atoms with Crippen LogP contribution in [0.1, 0.15) is 25.5 Å². The Balaban J connectivity index is 2.03. The van der Waals surface area contributed by atoms with Gasteiger partial charge in [-0.15, -0.1) is 0 Å². The normalized spacial score (nSPS) is 11.2. The van der Waals surface area contributed by atoms with Crippen molar-refractivity contribution >= 4 is 34.2 Å². The van der Waals surface area contributed by atoms with Crippen LogP contribution in [0.3, 0.4) is 0 Å². The highest BCUT2D eigenvalue weighted by Gasteiger charge is 2.18. The van der Waals surface area contributed by atoms with Crippen molar-refractivity contribution in [3.8, 4) is 0 Å². The van der Waals surface area contributed by atoms with Crippen LogP contribution in [-0.2, 0) is 11.3 Å². The van der Waals surface area contributed by atoms with E-state index in [0.717, 1.165) is 21.7 Å². The lowest BCUT2D eigenvalue weighted by atomic mass is 10.2. The first-order valence-corrected chi connectivity index (χ1v) is 8.68. The highest BCUT2D eigenvalue weighted by atomic mass is 32.1. The van der Waals surface area contributed by atoms with Crippen LogP contribution in [0.4, 0.5) is 5.69 Å². The van der Waals surface area contributed by atoms with Gasteiger partial charge in [0.1, 0.15) is 6.54 Å². The molecule has 25 heavy (non-hydrogen) atoms. The van der Waals surface area contributed by atoms with Gasteiger partial charge in [-0.1, -0.05) is 18.2 Å². The topological polar surface area (TPSA) is 86.0 Å². The van der Waals surface area contributed by atoms with Crippen molar-refractivity contribution in [1.29, 1.82) is 0 Å². The molecule has 0 aliphatic rings. The molecule has 1 aromatic carbocycles. The first kappa shape index (κ1) is 17.1. The number of hydrogen-bond donors (Lipinski definition) is 1. The van der Waals surface area contributed by atoms with Crippen LogP contribution in [0.2, 0.25) is 0 Å². The summed E-state index contributed by atoms with van der Waals surface area (Å²) in [6, 6.07) is 7.08. The zero-order valence-electron chi connectivity index (χ0n) is 14.1. The Morgan fingerprint density at radius 1 is 1.28 bits per heavy atom. The maximum Gasteiger partial charge on any atom is 0.332 e. The molecule has 0 spiro atoms. The Bertz CT molecular complexity index is 1060. The van der Waals surface area contributed by atoms with Crippen molar-refractivity contribution in [1.82, 2.24) is 13.5 Å². The number of nitrogens with one attached hydrogen (secondary N) is 1. The number of amides is 1. The molecule has 0 saturated carbocycles. The zero-order valence-corrected chi connectivity index (χ0v) is 15.0. The Labute approximate surface area is 147 Å². The van der Waals surface area contributed by atoms with Gasteiger partial charge in [0.25, 0.3) is 5.56 Å². The van der Waals surface area contributed by atoms with Crippen molar-refractivity contribution in [2.24, 2.45) is 0 Å². The maximum atomic E-state index is 12.7. The molecule has 2 aromatic heterocycles. The monoisotopic (exact) mass is 358 g/mol. The van der Waals surface area contributed by atoms with E-state index < -0.39 is 11.2 Å². The molecule has 2 heterocycles. The predicted octanol–water partition coefficient (Wildman–Crippen LogP) is 2.15. The molecule has 0 aliphatic heterocycles. The number of para-hydroxylation sites is 1. The van der Waals surface area contributed by atoms with Gasteiger partial charge in [-0.05, 0) is 43.9 Å². The molecule has 1 amide bonds. The molecular formula is C17H18N4O3S. The second kappa shape index (κ2) is 6.64. The summed E-state index contributed by atoms with van der Waals surface area (Å²) in [6.45, 7) is 5.20. The van der Waals surface area contributed by atoms with E-state index in [-0.39, 0.29) is 24.0 Å². The molecule has 0 radical (unpaired) electrons. The number of nitrogens with zero attached hydrogens (tertiary/aromatic N) is 3. The van der Waals surface area contributed by atoms with Gasteiger partial charge in [0.2, 0.25) is 5.91 Å². The molecule has 3 aromatic rings. The fourth-order valence-corrected chi connectivity index (χ4v) is 3.33. The second-order valence-electron chi connectivity index (χ2n) is 6.05. The van der Waals surface area contributed by atoms with E-state index in [4.69, 9.17) is 0 Å². The van der Waals surface area contributed by atoms with Crippen molar-refractivity contribution in [2.75, 3.05) is 5.32 Å². The number of aryl methyl sites for hydroxylation is 1. The number of carbonyl (C=O) groups excluding carboxylic acids is 1. The summed E-state index contributed by atoms with van der Waals surface area (Å²) in [7, 11) is 0. The molecule has 1 N–H and O–H groups in total. The average molecular weight is 358 g/mol. The van der Waals surface area contributed by atoms with Crippen LogP contribution in [0.15, 0.2) is 39.2 Å². The Kier molecular flexibility index (Phi) is 4.54. The van der Waals surface area contributed by atoms with Crippen molar-refractivity contribution in [3.63, 3.8) is 0 Å². The van der Waals surface area contributed by atoms with Crippen LogP contribution in [0, 0.1) is 6.92 Å². The van der Waals surface area contributed by atoms with Gasteiger partial charge >= 0.3 is 5.69 Å². The van der Waals surface area contributed by atoms with Crippen LogP contribution in [0.25, 0.3) is 11.0 Å². The third kappa shape index (κ3) is 3.12. The number of aromatic nitrogens is 3. The van der Waals surface area contributed by atoms with Gasteiger partial charge < -0.3 is 5.32 Å². The summed E-state index contributed by atoms with van der Waals surface area (Å²) in [5.41, 5.74) is 1.29. The molecule has 0 fully saturated rings. The van der Waals surface area contributed by atoms with E-state index >= 15 is 0 Å². The first-order chi connectivity index (χ1) is 11.9. The molecule has 7 nitrogen and oxygen atoms in total. The first-order valence-electron chi connectivity index (χ1n) is 7.85. The smallest absolute Gasteiger partial charge is 0.324 e. The summed E-state index contributed by atoms with van der Waals surface area (Å²) in [5.74, 6) is -0.335. The van der Waals surface area contributed by atoms with Gasteiger partial charge in [-0.25, -0.2) is 4.79 Å². The highest BCUT2D eigenvalue weighted by Crippen LogP contribution is 2.14. The van der Waals surface area contributed by atoms with E-state index in [1.807, 2.05) is 25.1 Å². The Morgan fingerprint density at radius 3 is 2.68 bits per heavy atom. The molecule has 0 unspecified atom stereocenters. The number of anilines is 1. The largest absolute Gasteiger partial charge is 0.332 e. The van der Waals surface area contributed by atoms with Gasteiger partial charge in [0, 0.05) is 17.1 Å². The molecule has 0 aliphatic carbocycles. The van der Waals surface area contributed by atoms with E-state index in [9.17, 15) is 14.4 Å². The molecule has 0 atom stereocenters. The number of fused-ring (bicyclic) bond motifs is 1. The Hall–Kier alpha value is -2.74. The predicted molar refractivity (Wildman–Crippen MR) is 98.3 cm³/mol. The van der Waals surface area contributed by atoms with Gasteiger partial charge in [0.05, 0.1) is 5.52 Å². The lowest BCUT2D eigenvalue weighted by Crippen LogP contribution is -2.42. The van der Waals surface area contributed by atoms with Crippen molar-refractivity contribution < 1.29 is 4.79 Å². The van der Waals surface area contributed by atoms with E-state index in [1.54, 1.807) is 25.3 Å². The van der Waals surface area contributed by atoms with Gasteiger partial charge in [-0.2, -0.15) is 4.37 Å². The van der Waals surface area contributed by atoms with Gasteiger partial charge in [0.15, 0.2) is 5.52 Å². The lowest BCUT2D eigenvalue weighted by Gasteiger charge is -2.14. The van der Waals surface area contributed by atoms with Gasteiger partial charge in [-0.3, -0.25) is 18.7 Å². The number of hydrogen-bond acceptors (Lipinski definition) is 5. The molecule has 3 rings (SSSR count). The lowest BCUT2D eigenvalue weighted by molar-refractivity contribution is -0.116. The minimum absolute atomic E-state index is 0.185. The molecule has 0 saturated heterocycles. The minimum Gasteiger partial charge on any atom is -0.324 e. The zero-order chi connectivity index (χ0) is 18.1. The van der Waals surface area contributed by atoms with Crippen LogP contribution >= 0.6 is 11.5 Å². The third-order valence-electron chi connectivity index (χ3n) is 3.94.